The van der Waals surface area contributed by atoms with Crippen LogP contribution in [0.5, 0.6) is 0 Å². The minimum Gasteiger partial charge on any atom is -0.357 e. The molecule has 1 atom stereocenters. The lowest BCUT2D eigenvalue weighted by molar-refractivity contribution is -0.137. The van der Waals surface area contributed by atoms with Crippen molar-refractivity contribution in [2.24, 2.45) is 11.1 Å². The number of benzene rings is 1. The summed E-state index contributed by atoms with van der Waals surface area (Å²) in [5, 5.41) is -0.232. The quantitative estimate of drug-likeness (QED) is 0.482. The van der Waals surface area contributed by atoms with E-state index in [2.05, 4.69) is 14.7 Å². The highest BCUT2D eigenvalue weighted by atomic mass is 32.2. The molecule has 37 heavy (non-hydrogen) atoms. The molecule has 1 saturated carbocycles. The van der Waals surface area contributed by atoms with Crippen molar-refractivity contribution in [2.45, 2.75) is 49.9 Å². The van der Waals surface area contributed by atoms with Crippen molar-refractivity contribution in [3.05, 3.63) is 65.7 Å². The van der Waals surface area contributed by atoms with Crippen molar-refractivity contribution in [1.82, 2.24) is 9.97 Å². The molecule has 2 aliphatic rings. The highest BCUT2D eigenvalue weighted by Crippen LogP contribution is 2.48. The van der Waals surface area contributed by atoms with Crippen LogP contribution in [-0.4, -0.2) is 37.5 Å². The summed E-state index contributed by atoms with van der Waals surface area (Å²) in [5.41, 5.74) is 5.98. The van der Waals surface area contributed by atoms with Crippen LogP contribution in [0.1, 0.15) is 36.8 Å². The van der Waals surface area contributed by atoms with Gasteiger partial charge in [-0.3, -0.25) is 4.72 Å². The Labute approximate surface area is 214 Å². The molecule has 0 radical (unpaired) electrons. The molecule has 2 aromatic heterocycles. The first kappa shape index (κ1) is 25.5. The summed E-state index contributed by atoms with van der Waals surface area (Å²) in [5.74, 6) is 0.309. The Morgan fingerprint density at radius 3 is 2.35 bits per heavy atom. The van der Waals surface area contributed by atoms with Gasteiger partial charge in [-0.1, -0.05) is 30.3 Å². The second-order valence-electron chi connectivity index (χ2n) is 9.84. The third kappa shape index (κ3) is 4.89. The SMILES string of the molecule is Cc1ccccc1-c1nc(NS(=O)(=O)c2cccc(N3CCC4(CCC4N)CC3)n2)ccc1C(F)(F)F. The highest BCUT2D eigenvalue weighted by Gasteiger charge is 2.46. The van der Waals surface area contributed by atoms with Crippen molar-refractivity contribution in [3.8, 4) is 11.3 Å². The first-order valence-corrected chi connectivity index (χ1v) is 13.6. The van der Waals surface area contributed by atoms with Gasteiger partial charge >= 0.3 is 6.18 Å². The van der Waals surface area contributed by atoms with Gasteiger partial charge in [0.15, 0.2) is 5.03 Å². The molecule has 1 aromatic carbocycles. The Bertz CT molecular complexity index is 1420. The average Bonchev–Trinajstić information content (AvgIpc) is 2.87. The van der Waals surface area contributed by atoms with Crippen LogP contribution >= 0.6 is 0 Å². The van der Waals surface area contributed by atoms with Gasteiger partial charge in [0.25, 0.3) is 10.0 Å². The van der Waals surface area contributed by atoms with E-state index in [9.17, 15) is 21.6 Å². The fraction of sp³-hybridized carbons (Fsp3) is 0.385. The van der Waals surface area contributed by atoms with Gasteiger partial charge in [-0.25, -0.2) is 9.97 Å². The number of sulfonamides is 1. The van der Waals surface area contributed by atoms with E-state index in [4.69, 9.17) is 5.73 Å². The van der Waals surface area contributed by atoms with Crippen LogP contribution in [0.15, 0.2) is 59.6 Å². The standard InChI is InChI=1S/C26H28F3N5O2S/c1-17-5-2-3-6-18(17)24-19(26(27,28)29)9-10-21(31-24)33-37(35,36)23-8-4-7-22(32-23)34-15-13-25(14-16-34)12-11-20(25)30/h2-10,20H,11-16,30H2,1H3,(H,31,33). The molecule has 7 nitrogen and oxygen atoms in total. The normalized spacial score (nSPS) is 19.5. The number of alkyl halides is 3. The smallest absolute Gasteiger partial charge is 0.357 e. The van der Waals surface area contributed by atoms with E-state index in [-0.39, 0.29) is 33.6 Å². The van der Waals surface area contributed by atoms with Crippen LogP contribution in [0.2, 0.25) is 0 Å². The summed E-state index contributed by atoms with van der Waals surface area (Å²) in [6.07, 6.45) is -0.627. The number of nitrogens with zero attached hydrogens (tertiary/aromatic N) is 3. The lowest BCUT2D eigenvalue weighted by Crippen LogP contribution is -2.56. The number of aromatic nitrogens is 2. The summed E-state index contributed by atoms with van der Waals surface area (Å²) in [4.78, 5) is 10.5. The molecule has 1 aliphatic carbocycles. The lowest BCUT2D eigenvalue weighted by Gasteiger charge is -2.52. The number of pyridine rings is 2. The molecule has 0 amide bonds. The number of nitrogens with one attached hydrogen (secondary N) is 1. The first-order chi connectivity index (χ1) is 17.5. The predicted octanol–water partition coefficient (Wildman–Crippen LogP) is 4.98. The van der Waals surface area contributed by atoms with Crippen molar-refractivity contribution >= 4 is 21.7 Å². The molecule has 5 rings (SSSR count). The molecule has 0 bridgehead atoms. The van der Waals surface area contributed by atoms with Crippen LogP contribution in [0, 0.1) is 12.3 Å². The molecule has 1 unspecified atom stereocenters. The first-order valence-electron chi connectivity index (χ1n) is 12.1. The van der Waals surface area contributed by atoms with Crippen LogP contribution in [0.3, 0.4) is 0 Å². The van der Waals surface area contributed by atoms with Gasteiger partial charge in [0.1, 0.15) is 11.6 Å². The van der Waals surface area contributed by atoms with E-state index in [1.807, 2.05) is 4.90 Å². The zero-order valence-corrected chi connectivity index (χ0v) is 21.1. The number of rotatable bonds is 5. The number of nitrogens with two attached hydrogens (primary N) is 1. The van der Waals surface area contributed by atoms with Crippen LogP contribution in [0.25, 0.3) is 11.3 Å². The molecule has 11 heteroatoms. The van der Waals surface area contributed by atoms with Gasteiger partial charge in [0.05, 0.1) is 11.3 Å². The molecule has 2 fully saturated rings. The number of hydrogen-bond acceptors (Lipinski definition) is 6. The monoisotopic (exact) mass is 531 g/mol. The molecule has 1 spiro atoms. The van der Waals surface area contributed by atoms with E-state index < -0.39 is 21.8 Å². The predicted molar refractivity (Wildman–Crippen MR) is 136 cm³/mol. The zero-order chi connectivity index (χ0) is 26.4. The summed E-state index contributed by atoms with van der Waals surface area (Å²) < 4.78 is 69.8. The molecular weight excluding hydrogens is 503 g/mol. The van der Waals surface area contributed by atoms with Crippen molar-refractivity contribution in [1.29, 1.82) is 0 Å². The number of hydrogen-bond donors (Lipinski definition) is 2. The molecule has 3 aromatic rings. The molecule has 3 N–H and O–H groups in total. The lowest BCUT2D eigenvalue weighted by atomic mass is 9.60. The third-order valence-corrected chi connectivity index (χ3v) is 8.90. The van der Waals surface area contributed by atoms with E-state index in [0.29, 0.717) is 11.4 Å². The Kier molecular flexibility index (Phi) is 6.39. The average molecular weight is 532 g/mol. The summed E-state index contributed by atoms with van der Waals surface area (Å²) in [6, 6.07) is 13.3. The maximum absolute atomic E-state index is 13.7. The summed E-state index contributed by atoms with van der Waals surface area (Å²) in [6.45, 7) is 3.14. The number of anilines is 2. The van der Waals surface area contributed by atoms with Crippen LogP contribution < -0.4 is 15.4 Å². The van der Waals surface area contributed by atoms with E-state index in [1.165, 1.54) is 12.1 Å². The Morgan fingerprint density at radius 2 is 1.73 bits per heavy atom. The Morgan fingerprint density at radius 1 is 1.00 bits per heavy atom. The largest absolute Gasteiger partial charge is 0.418 e. The molecular formula is C26H28F3N5O2S. The minimum atomic E-state index is -4.66. The maximum Gasteiger partial charge on any atom is 0.418 e. The number of piperidine rings is 1. The highest BCUT2D eigenvalue weighted by molar-refractivity contribution is 7.92. The van der Waals surface area contributed by atoms with Crippen molar-refractivity contribution in [2.75, 3.05) is 22.7 Å². The second-order valence-corrected chi connectivity index (χ2v) is 11.5. The van der Waals surface area contributed by atoms with Gasteiger partial charge in [0.2, 0.25) is 0 Å². The third-order valence-electron chi connectivity index (χ3n) is 7.65. The summed E-state index contributed by atoms with van der Waals surface area (Å²) in [7, 11) is -4.21. The molecule has 1 saturated heterocycles. The minimum absolute atomic E-state index is 0.185. The van der Waals surface area contributed by atoms with Crippen molar-refractivity contribution in [3.63, 3.8) is 0 Å². The topological polar surface area (TPSA) is 101 Å². The number of aryl methyl sites for hydroxylation is 1. The van der Waals surface area contributed by atoms with Crippen LogP contribution in [-0.2, 0) is 16.2 Å². The molecule has 196 valence electrons. The fourth-order valence-electron chi connectivity index (χ4n) is 5.23. The Hall–Kier alpha value is -3.18. The fourth-order valence-corrected chi connectivity index (χ4v) is 6.19. The summed E-state index contributed by atoms with van der Waals surface area (Å²) >= 11 is 0. The van der Waals surface area contributed by atoms with Gasteiger partial charge in [-0.15, -0.1) is 0 Å². The van der Waals surface area contributed by atoms with Gasteiger partial charge < -0.3 is 10.6 Å². The van der Waals surface area contributed by atoms with E-state index in [0.717, 1.165) is 50.9 Å². The Balaban J connectivity index is 1.41. The van der Waals surface area contributed by atoms with Crippen LogP contribution in [0.4, 0.5) is 24.8 Å². The van der Waals surface area contributed by atoms with Gasteiger partial charge in [0, 0.05) is 24.7 Å². The molecule has 1 aliphatic heterocycles. The van der Waals surface area contributed by atoms with Crippen molar-refractivity contribution < 1.29 is 21.6 Å². The van der Waals surface area contributed by atoms with E-state index in [1.54, 1.807) is 37.3 Å². The van der Waals surface area contributed by atoms with Gasteiger partial charge in [-0.05, 0) is 67.9 Å². The molecule has 3 heterocycles. The van der Waals surface area contributed by atoms with Gasteiger partial charge in [-0.2, -0.15) is 21.6 Å². The maximum atomic E-state index is 13.7. The number of halogens is 3. The zero-order valence-electron chi connectivity index (χ0n) is 20.3. The van der Waals surface area contributed by atoms with E-state index >= 15 is 0 Å². The second kappa shape index (κ2) is 9.29.